The Balaban J connectivity index is 1.95. The molecule has 5 nitrogen and oxygen atoms in total. The van der Waals surface area contributed by atoms with Crippen molar-refractivity contribution in [3.05, 3.63) is 35.9 Å². The lowest BCUT2D eigenvalue weighted by Gasteiger charge is -2.10. The summed E-state index contributed by atoms with van der Waals surface area (Å²) in [6.07, 6.45) is 4.03. The monoisotopic (exact) mass is 247 g/mol. The van der Waals surface area contributed by atoms with Crippen molar-refractivity contribution in [2.45, 2.75) is 26.9 Å². The second kappa shape index (κ2) is 5.82. The smallest absolute Gasteiger partial charge is 0.102 e. The second-order valence-electron chi connectivity index (χ2n) is 5.04. The summed E-state index contributed by atoms with van der Waals surface area (Å²) in [6.45, 7) is 7.14. The number of nitrogens with zero attached hydrogens (tertiary/aromatic N) is 4. The van der Waals surface area contributed by atoms with Gasteiger partial charge in [0.2, 0.25) is 0 Å². The molecule has 0 spiro atoms. The zero-order valence-corrected chi connectivity index (χ0v) is 11.3. The van der Waals surface area contributed by atoms with E-state index < -0.39 is 0 Å². The van der Waals surface area contributed by atoms with Crippen molar-refractivity contribution in [3.63, 3.8) is 0 Å². The Bertz CT molecular complexity index is 483. The number of rotatable bonds is 6. The first-order valence-electron chi connectivity index (χ1n) is 6.35. The van der Waals surface area contributed by atoms with Gasteiger partial charge in [-0.1, -0.05) is 19.1 Å². The van der Waals surface area contributed by atoms with E-state index in [1.165, 1.54) is 5.69 Å². The van der Waals surface area contributed by atoms with E-state index in [0.717, 1.165) is 25.3 Å². The van der Waals surface area contributed by atoms with Gasteiger partial charge < -0.3 is 9.88 Å². The lowest BCUT2D eigenvalue weighted by molar-refractivity contribution is 0.538. The highest BCUT2D eigenvalue weighted by Crippen LogP contribution is 2.05. The Hall–Kier alpha value is -1.62. The molecule has 0 atom stereocenters. The number of aromatic nitrogens is 4. The average molecular weight is 247 g/mol. The predicted octanol–water partition coefficient (Wildman–Crippen LogP) is 1.41. The number of hydrogen-bond donors (Lipinski definition) is 1. The first kappa shape index (κ1) is 12.8. The van der Waals surface area contributed by atoms with Gasteiger partial charge in [-0.2, -0.15) is 0 Å². The number of aryl methyl sites for hydroxylation is 1. The van der Waals surface area contributed by atoms with E-state index in [1.54, 1.807) is 4.68 Å². The highest BCUT2D eigenvalue weighted by molar-refractivity contribution is 5.09. The quantitative estimate of drug-likeness (QED) is 0.839. The summed E-state index contributed by atoms with van der Waals surface area (Å²) in [5.74, 6) is 0.674. The van der Waals surface area contributed by atoms with Crippen LogP contribution in [0.15, 0.2) is 24.5 Å². The third kappa shape index (κ3) is 3.43. The normalized spacial score (nSPS) is 11.3. The molecule has 2 aromatic heterocycles. The van der Waals surface area contributed by atoms with Crippen molar-refractivity contribution in [2.24, 2.45) is 13.0 Å². The molecule has 0 bridgehead atoms. The van der Waals surface area contributed by atoms with Crippen LogP contribution in [0.4, 0.5) is 0 Å². The Kier molecular flexibility index (Phi) is 4.15. The molecule has 0 aromatic carbocycles. The van der Waals surface area contributed by atoms with Gasteiger partial charge in [0.1, 0.15) is 5.69 Å². The fourth-order valence-electron chi connectivity index (χ4n) is 1.90. The fourth-order valence-corrected chi connectivity index (χ4v) is 1.90. The van der Waals surface area contributed by atoms with Crippen molar-refractivity contribution >= 4 is 0 Å². The van der Waals surface area contributed by atoms with E-state index in [2.05, 4.69) is 52.4 Å². The van der Waals surface area contributed by atoms with E-state index >= 15 is 0 Å². The minimum Gasteiger partial charge on any atom is -0.344 e. The van der Waals surface area contributed by atoms with Crippen molar-refractivity contribution < 1.29 is 0 Å². The zero-order chi connectivity index (χ0) is 13.0. The molecule has 0 saturated carbocycles. The van der Waals surface area contributed by atoms with Crippen molar-refractivity contribution in [1.82, 2.24) is 24.9 Å². The van der Waals surface area contributed by atoms with Gasteiger partial charge in [0.15, 0.2) is 0 Å². The maximum atomic E-state index is 4.11. The van der Waals surface area contributed by atoms with Crippen molar-refractivity contribution in [3.8, 4) is 0 Å². The summed E-state index contributed by atoms with van der Waals surface area (Å²) in [4.78, 5) is 0. The Morgan fingerprint density at radius 1 is 1.39 bits per heavy atom. The second-order valence-corrected chi connectivity index (χ2v) is 5.04. The van der Waals surface area contributed by atoms with E-state index in [0.29, 0.717) is 5.92 Å². The molecular weight excluding hydrogens is 226 g/mol. The molecule has 18 heavy (non-hydrogen) atoms. The molecule has 0 radical (unpaired) electrons. The lowest BCUT2D eigenvalue weighted by atomic mass is 10.2. The van der Waals surface area contributed by atoms with Gasteiger partial charge in [-0.15, -0.1) is 5.10 Å². The maximum Gasteiger partial charge on any atom is 0.102 e. The third-order valence-electron chi connectivity index (χ3n) is 2.76. The van der Waals surface area contributed by atoms with Gasteiger partial charge in [-0.25, -0.2) is 0 Å². The standard InChI is InChI=1S/C13H21N5/c1-11(2)7-14-8-13-5-4-6-18(13)10-12-9-17(3)16-15-12/h4-6,9,11,14H,7-8,10H2,1-3H3. The molecule has 98 valence electrons. The van der Waals surface area contributed by atoms with E-state index in [4.69, 9.17) is 0 Å². The van der Waals surface area contributed by atoms with Crippen LogP contribution < -0.4 is 5.32 Å². The van der Waals surface area contributed by atoms with Gasteiger partial charge in [-0.05, 0) is 24.6 Å². The zero-order valence-electron chi connectivity index (χ0n) is 11.3. The molecular formula is C13H21N5. The summed E-state index contributed by atoms with van der Waals surface area (Å²) < 4.78 is 3.94. The SMILES string of the molecule is CC(C)CNCc1cccn1Cc1cn(C)nn1. The van der Waals surface area contributed by atoms with E-state index in [1.807, 2.05) is 13.2 Å². The number of hydrogen-bond acceptors (Lipinski definition) is 3. The highest BCUT2D eigenvalue weighted by Gasteiger charge is 2.04. The number of nitrogens with one attached hydrogen (secondary N) is 1. The fraction of sp³-hybridized carbons (Fsp3) is 0.538. The van der Waals surface area contributed by atoms with Crippen LogP contribution in [-0.4, -0.2) is 26.1 Å². The van der Waals surface area contributed by atoms with Crippen LogP contribution in [0.1, 0.15) is 25.2 Å². The topological polar surface area (TPSA) is 47.7 Å². The third-order valence-corrected chi connectivity index (χ3v) is 2.76. The summed E-state index contributed by atoms with van der Waals surface area (Å²) in [7, 11) is 1.89. The minimum absolute atomic E-state index is 0.674. The van der Waals surface area contributed by atoms with Crippen LogP contribution in [0.25, 0.3) is 0 Å². The van der Waals surface area contributed by atoms with Crippen molar-refractivity contribution in [2.75, 3.05) is 6.54 Å². The Morgan fingerprint density at radius 2 is 2.22 bits per heavy atom. The van der Waals surface area contributed by atoms with E-state index in [9.17, 15) is 0 Å². The summed E-state index contributed by atoms with van der Waals surface area (Å²) in [5, 5.41) is 11.5. The lowest BCUT2D eigenvalue weighted by Crippen LogP contribution is -2.21. The van der Waals surface area contributed by atoms with Crippen LogP contribution in [0.3, 0.4) is 0 Å². The molecule has 0 saturated heterocycles. The molecule has 0 unspecified atom stereocenters. The molecule has 0 aliphatic heterocycles. The van der Waals surface area contributed by atoms with Gasteiger partial charge in [-0.3, -0.25) is 4.68 Å². The Labute approximate surface area is 108 Å². The van der Waals surface area contributed by atoms with Gasteiger partial charge in [0.25, 0.3) is 0 Å². The average Bonchev–Trinajstić information content (AvgIpc) is 2.89. The molecule has 5 heteroatoms. The Morgan fingerprint density at radius 3 is 2.89 bits per heavy atom. The molecule has 0 aliphatic rings. The van der Waals surface area contributed by atoms with Gasteiger partial charge >= 0.3 is 0 Å². The van der Waals surface area contributed by atoms with Crippen LogP contribution in [0.2, 0.25) is 0 Å². The molecule has 2 heterocycles. The summed E-state index contributed by atoms with van der Waals surface area (Å²) in [6, 6.07) is 4.21. The molecule has 0 amide bonds. The van der Waals surface area contributed by atoms with Crippen LogP contribution in [-0.2, 0) is 20.1 Å². The highest BCUT2D eigenvalue weighted by atomic mass is 15.4. The van der Waals surface area contributed by atoms with Crippen LogP contribution >= 0.6 is 0 Å². The molecule has 2 rings (SSSR count). The first-order chi connectivity index (χ1) is 8.65. The van der Waals surface area contributed by atoms with Gasteiger partial charge in [0.05, 0.1) is 6.54 Å². The first-order valence-corrected chi connectivity index (χ1v) is 6.35. The molecule has 0 fully saturated rings. The maximum absolute atomic E-state index is 4.11. The summed E-state index contributed by atoms with van der Waals surface area (Å²) >= 11 is 0. The minimum atomic E-state index is 0.674. The van der Waals surface area contributed by atoms with E-state index in [-0.39, 0.29) is 0 Å². The molecule has 0 aliphatic carbocycles. The molecule has 2 aromatic rings. The van der Waals surface area contributed by atoms with Gasteiger partial charge in [0, 0.05) is 31.7 Å². The predicted molar refractivity (Wildman–Crippen MR) is 71.1 cm³/mol. The molecule has 1 N–H and O–H groups in total. The van der Waals surface area contributed by atoms with Crippen LogP contribution in [0, 0.1) is 5.92 Å². The van der Waals surface area contributed by atoms with Crippen LogP contribution in [0.5, 0.6) is 0 Å². The summed E-state index contributed by atoms with van der Waals surface area (Å²) in [5.41, 5.74) is 2.26. The van der Waals surface area contributed by atoms with Crippen molar-refractivity contribution in [1.29, 1.82) is 0 Å². The largest absolute Gasteiger partial charge is 0.344 e.